The molecule has 3 N–H and O–H groups in total. The molecule has 0 amide bonds. The van der Waals surface area contributed by atoms with Crippen molar-refractivity contribution in [3.8, 4) is 0 Å². The summed E-state index contributed by atoms with van der Waals surface area (Å²) in [5.74, 6) is 0.561. The van der Waals surface area contributed by atoms with Gasteiger partial charge in [-0.1, -0.05) is 30.3 Å². The summed E-state index contributed by atoms with van der Waals surface area (Å²) in [5.41, 5.74) is 6.89. The predicted octanol–water partition coefficient (Wildman–Crippen LogP) is 1.99. The van der Waals surface area contributed by atoms with Gasteiger partial charge in [0.25, 0.3) is 0 Å². The Hall–Kier alpha value is -1.81. The monoisotopic (exact) mass is 244 g/mol. The third kappa shape index (κ3) is 3.11. The average Bonchev–Trinajstić information content (AvgIpc) is 2.78. The molecule has 1 aromatic heterocycles. The fourth-order valence-corrected chi connectivity index (χ4v) is 1.87. The molecule has 0 aliphatic rings. The lowest BCUT2D eigenvalue weighted by Crippen LogP contribution is -2.37. The Morgan fingerprint density at radius 2 is 2.00 bits per heavy atom. The van der Waals surface area contributed by atoms with Crippen molar-refractivity contribution >= 4 is 5.82 Å². The van der Waals surface area contributed by atoms with Crippen LogP contribution < -0.4 is 11.1 Å². The molecule has 0 saturated heterocycles. The molecule has 4 heteroatoms. The Morgan fingerprint density at radius 3 is 2.61 bits per heavy atom. The molecule has 18 heavy (non-hydrogen) atoms. The first-order valence-corrected chi connectivity index (χ1v) is 6.12. The minimum atomic E-state index is -0.0423. The van der Waals surface area contributed by atoms with Gasteiger partial charge < -0.3 is 15.6 Å². The van der Waals surface area contributed by atoms with Gasteiger partial charge in [-0.05, 0) is 19.4 Å². The molecule has 0 atom stereocenters. The number of benzene rings is 1. The van der Waals surface area contributed by atoms with E-state index < -0.39 is 0 Å². The summed E-state index contributed by atoms with van der Waals surface area (Å²) in [6.45, 7) is 6.05. The van der Waals surface area contributed by atoms with Gasteiger partial charge in [0.15, 0.2) is 0 Å². The minimum absolute atomic E-state index is 0.0423. The fourth-order valence-electron chi connectivity index (χ4n) is 1.87. The molecule has 0 fully saturated rings. The average molecular weight is 244 g/mol. The quantitative estimate of drug-likeness (QED) is 0.845. The molecule has 1 heterocycles. The number of hydrogen-bond donors (Lipinski definition) is 2. The van der Waals surface area contributed by atoms with Crippen molar-refractivity contribution in [1.29, 1.82) is 0 Å². The van der Waals surface area contributed by atoms with Gasteiger partial charge in [-0.3, -0.25) is 0 Å². The Balaban J connectivity index is 1.89. The zero-order chi connectivity index (χ0) is 13.0. The summed E-state index contributed by atoms with van der Waals surface area (Å²) in [7, 11) is 0. The van der Waals surface area contributed by atoms with Crippen LogP contribution in [0.4, 0.5) is 5.82 Å². The predicted molar refractivity (Wildman–Crippen MR) is 74.1 cm³/mol. The van der Waals surface area contributed by atoms with E-state index in [1.807, 2.05) is 16.8 Å². The third-order valence-electron chi connectivity index (χ3n) is 3.03. The number of anilines is 1. The zero-order valence-corrected chi connectivity index (χ0v) is 10.9. The molecular formula is C14H20N4. The van der Waals surface area contributed by atoms with Crippen LogP contribution in [-0.2, 0) is 12.1 Å². The standard InChI is InChI=1S/C14H20N4/c1-14(2,18-9-13(15)17-11-18)10-16-8-12-6-4-3-5-7-12/h3-7,9,11,16H,8,10,15H2,1-2H3. The largest absolute Gasteiger partial charge is 0.382 e. The second-order valence-electron chi connectivity index (χ2n) is 5.11. The van der Waals surface area contributed by atoms with E-state index in [1.54, 1.807) is 6.33 Å². The van der Waals surface area contributed by atoms with E-state index in [2.05, 4.69) is 48.4 Å². The van der Waals surface area contributed by atoms with Crippen LogP contribution in [0.3, 0.4) is 0 Å². The normalized spacial score (nSPS) is 11.7. The van der Waals surface area contributed by atoms with Gasteiger partial charge in [-0.25, -0.2) is 4.98 Å². The number of nitrogens with two attached hydrogens (primary N) is 1. The summed E-state index contributed by atoms with van der Waals surface area (Å²) in [4.78, 5) is 4.06. The summed E-state index contributed by atoms with van der Waals surface area (Å²) < 4.78 is 2.04. The van der Waals surface area contributed by atoms with Gasteiger partial charge in [0.1, 0.15) is 5.82 Å². The number of nitrogen functional groups attached to an aromatic ring is 1. The number of imidazole rings is 1. The van der Waals surface area contributed by atoms with E-state index in [0.29, 0.717) is 5.82 Å². The van der Waals surface area contributed by atoms with Crippen LogP contribution in [0.15, 0.2) is 42.9 Å². The highest BCUT2D eigenvalue weighted by Crippen LogP contribution is 2.15. The van der Waals surface area contributed by atoms with Crippen molar-refractivity contribution in [2.24, 2.45) is 0 Å². The van der Waals surface area contributed by atoms with E-state index in [0.717, 1.165) is 13.1 Å². The summed E-state index contributed by atoms with van der Waals surface area (Å²) in [5, 5.41) is 3.46. The Morgan fingerprint density at radius 1 is 1.28 bits per heavy atom. The van der Waals surface area contributed by atoms with Crippen LogP contribution in [0, 0.1) is 0 Å². The molecular weight excluding hydrogens is 224 g/mol. The first-order chi connectivity index (χ1) is 8.58. The third-order valence-corrected chi connectivity index (χ3v) is 3.03. The molecule has 0 unspecified atom stereocenters. The van der Waals surface area contributed by atoms with E-state index in [-0.39, 0.29) is 5.54 Å². The van der Waals surface area contributed by atoms with E-state index in [9.17, 15) is 0 Å². The van der Waals surface area contributed by atoms with Crippen LogP contribution in [0.2, 0.25) is 0 Å². The van der Waals surface area contributed by atoms with Gasteiger partial charge in [0, 0.05) is 19.3 Å². The van der Waals surface area contributed by atoms with E-state index in [4.69, 9.17) is 5.73 Å². The topological polar surface area (TPSA) is 55.9 Å². The lowest BCUT2D eigenvalue weighted by atomic mass is 10.1. The fraction of sp³-hybridized carbons (Fsp3) is 0.357. The van der Waals surface area contributed by atoms with Gasteiger partial charge in [-0.2, -0.15) is 0 Å². The zero-order valence-electron chi connectivity index (χ0n) is 10.9. The van der Waals surface area contributed by atoms with Crippen molar-refractivity contribution in [2.45, 2.75) is 25.9 Å². The first kappa shape index (κ1) is 12.6. The molecule has 0 aliphatic heterocycles. The molecule has 96 valence electrons. The van der Waals surface area contributed by atoms with Crippen molar-refractivity contribution in [1.82, 2.24) is 14.9 Å². The van der Waals surface area contributed by atoms with Crippen molar-refractivity contribution in [3.63, 3.8) is 0 Å². The van der Waals surface area contributed by atoms with Crippen molar-refractivity contribution in [2.75, 3.05) is 12.3 Å². The summed E-state index contributed by atoms with van der Waals surface area (Å²) >= 11 is 0. The van der Waals surface area contributed by atoms with Crippen LogP contribution in [0.25, 0.3) is 0 Å². The van der Waals surface area contributed by atoms with Crippen LogP contribution in [0.1, 0.15) is 19.4 Å². The van der Waals surface area contributed by atoms with Gasteiger partial charge in [0.2, 0.25) is 0 Å². The second-order valence-corrected chi connectivity index (χ2v) is 5.11. The maximum Gasteiger partial charge on any atom is 0.141 e. The molecule has 0 radical (unpaired) electrons. The molecule has 0 aliphatic carbocycles. The number of hydrogen-bond acceptors (Lipinski definition) is 3. The number of aromatic nitrogens is 2. The smallest absolute Gasteiger partial charge is 0.141 e. The highest BCUT2D eigenvalue weighted by atomic mass is 15.1. The highest BCUT2D eigenvalue weighted by Gasteiger charge is 2.19. The maximum atomic E-state index is 5.64. The number of nitrogens with one attached hydrogen (secondary N) is 1. The lowest BCUT2D eigenvalue weighted by Gasteiger charge is -2.26. The van der Waals surface area contributed by atoms with Gasteiger partial charge in [0.05, 0.1) is 11.9 Å². The van der Waals surface area contributed by atoms with E-state index >= 15 is 0 Å². The summed E-state index contributed by atoms with van der Waals surface area (Å²) in [6.07, 6.45) is 3.64. The van der Waals surface area contributed by atoms with Gasteiger partial charge >= 0.3 is 0 Å². The number of rotatable bonds is 5. The number of nitrogens with zero attached hydrogens (tertiary/aromatic N) is 2. The lowest BCUT2D eigenvalue weighted by molar-refractivity contribution is 0.332. The molecule has 2 rings (SSSR count). The maximum absolute atomic E-state index is 5.64. The first-order valence-electron chi connectivity index (χ1n) is 6.12. The SMILES string of the molecule is CC(C)(CNCc1ccccc1)n1cnc(N)c1. The van der Waals surface area contributed by atoms with Gasteiger partial charge in [-0.15, -0.1) is 0 Å². The second kappa shape index (κ2) is 5.23. The van der Waals surface area contributed by atoms with Crippen LogP contribution in [0.5, 0.6) is 0 Å². The Bertz CT molecular complexity index is 488. The highest BCUT2D eigenvalue weighted by molar-refractivity contribution is 5.23. The molecule has 0 saturated carbocycles. The van der Waals surface area contributed by atoms with E-state index in [1.165, 1.54) is 5.56 Å². The molecule has 0 spiro atoms. The van der Waals surface area contributed by atoms with Crippen LogP contribution >= 0.6 is 0 Å². The minimum Gasteiger partial charge on any atom is -0.382 e. The molecule has 0 bridgehead atoms. The molecule has 2 aromatic rings. The molecule has 4 nitrogen and oxygen atoms in total. The summed E-state index contributed by atoms with van der Waals surface area (Å²) in [6, 6.07) is 10.4. The molecule has 1 aromatic carbocycles. The van der Waals surface area contributed by atoms with Crippen molar-refractivity contribution < 1.29 is 0 Å². The van der Waals surface area contributed by atoms with Crippen LogP contribution in [-0.4, -0.2) is 16.1 Å². The Kier molecular flexibility index (Phi) is 3.67. The van der Waals surface area contributed by atoms with Crippen molar-refractivity contribution in [3.05, 3.63) is 48.4 Å². The Labute approximate surface area is 108 Å².